The molecule has 0 saturated heterocycles. The summed E-state index contributed by atoms with van der Waals surface area (Å²) >= 11 is 0. The molecule has 6 rings (SSSR count). The molecule has 2 aliphatic rings. The van der Waals surface area contributed by atoms with E-state index in [1.807, 2.05) is 66.7 Å². The molecule has 7 heteroatoms. The third kappa shape index (κ3) is 3.12. The summed E-state index contributed by atoms with van der Waals surface area (Å²) in [7, 11) is 1.71. The number of aromatic nitrogens is 1. The van der Waals surface area contributed by atoms with Crippen molar-refractivity contribution in [3.8, 4) is 17.2 Å². The van der Waals surface area contributed by atoms with Crippen molar-refractivity contribution in [2.75, 3.05) is 12.1 Å². The first kappa shape index (κ1) is 19.4. The normalized spacial score (nSPS) is 16.6. The van der Waals surface area contributed by atoms with Crippen molar-refractivity contribution in [3.05, 3.63) is 88.2 Å². The number of nitrogens with one attached hydrogen (secondary N) is 1. The van der Waals surface area contributed by atoms with Gasteiger partial charge in [-0.1, -0.05) is 30.3 Å². The fourth-order valence-corrected chi connectivity index (χ4v) is 4.54. The molecule has 4 aromatic rings. The predicted octanol–water partition coefficient (Wildman–Crippen LogP) is 4.65. The van der Waals surface area contributed by atoms with Gasteiger partial charge in [-0.3, -0.25) is 9.79 Å². The maximum Gasteiger partial charge on any atom is 0.263 e. The molecular formula is C26H21N3O4. The van der Waals surface area contributed by atoms with Crippen molar-refractivity contribution in [2.24, 2.45) is 12.0 Å². The number of benzene rings is 3. The zero-order valence-electron chi connectivity index (χ0n) is 17.9. The van der Waals surface area contributed by atoms with E-state index < -0.39 is 0 Å². The van der Waals surface area contributed by atoms with Gasteiger partial charge >= 0.3 is 0 Å². The van der Waals surface area contributed by atoms with Crippen LogP contribution in [-0.2, 0) is 7.05 Å². The number of aryl methyl sites for hydroxylation is 1. The van der Waals surface area contributed by atoms with E-state index in [1.54, 1.807) is 11.6 Å². The molecule has 0 saturated carbocycles. The summed E-state index contributed by atoms with van der Waals surface area (Å²) < 4.78 is 12.6. The van der Waals surface area contributed by atoms with E-state index in [4.69, 9.17) is 14.5 Å². The number of aliphatic imine (C=N–C) groups is 1. The number of hydrogen-bond donors (Lipinski definition) is 2. The van der Waals surface area contributed by atoms with Crippen LogP contribution in [0.3, 0.4) is 0 Å². The molecule has 1 aromatic heterocycles. The minimum absolute atomic E-state index is 0.0451. The van der Waals surface area contributed by atoms with Gasteiger partial charge in [0.25, 0.3) is 5.56 Å². The zero-order chi connectivity index (χ0) is 22.5. The molecule has 2 aliphatic heterocycles. The molecule has 0 spiro atoms. The molecule has 33 heavy (non-hydrogen) atoms. The van der Waals surface area contributed by atoms with Gasteiger partial charge in [0.05, 0.1) is 28.6 Å². The van der Waals surface area contributed by atoms with E-state index in [0.29, 0.717) is 40.2 Å². The maximum absolute atomic E-state index is 13.4. The molecular weight excluding hydrogens is 418 g/mol. The monoisotopic (exact) mass is 439 g/mol. The summed E-state index contributed by atoms with van der Waals surface area (Å²) in [6, 6.07) is 20.6. The number of para-hydroxylation sites is 3. The SMILES string of the molecule is Cn1c(=O)c(C2=Nc3ccccc3N[C@H](c3ccc4c(c3)OCO4)C2)c(O)c2ccccc21. The highest BCUT2D eigenvalue weighted by molar-refractivity contribution is 6.09. The summed E-state index contributed by atoms with van der Waals surface area (Å²) in [4.78, 5) is 18.2. The van der Waals surface area contributed by atoms with E-state index in [2.05, 4.69) is 5.32 Å². The van der Waals surface area contributed by atoms with Crippen LogP contribution in [-0.4, -0.2) is 22.2 Å². The van der Waals surface area contributed by atoms with Crippen LogP contribution in [0.2, 0.25) is 0 Å². The van der Waals surface area contributed by atoms with E-state index in [0.717, 1.165) is 11.3 Å². The van der Waals surface area contributed by atoms with Gasteiger partial charge in [0.15, 0.2) is 11.5 Å². The Morgan fingerprint density at radius 2 is 1.82 bits per heavy atom. The van der Waals surface area contributed by atoms with Crippen LogP contribution in [0.25, 0.3) is 10.9 Å². The number of ether oxygens (including phenoxy) is 2. The number of rotatable bonds is 2. The lowest BCUT2D eigenvalue weighted by molar-refractivity contribution is 0.174. The molecule has 3 heterocycles. The molecule has 3 aromatic carbocycles. The van der Waals surface area contributed by atoms with Gasteiger partial charge in [-0.25, -0.2) is 0 Å². The molecule has 164 valence electrons. The molecule has 2 N–H and O–H groups in total. The largest absolute Gasteiger partial charge is 0.506 e. The summed E-state index contributed by atoms with van der Waals surface area (Å²) in [5, 5.41) is 15.3. The van der Waals surface area contributed by atoms with Crippen molar-refractivity contribution in [1.82, 2.24) is 4.57 Å². The van der Waals surface area contributed by atoms with Crippen molar-refractivity contribution < 1.29 is 14.6 Å². The fraction of sp³-hybridized carbons (Fsp3) is 0.154. The van der Waals surface area contributed by atoms with Crippen LogP contribution in [0.1, 0.15) is 23.6 Å². The minimum atomic E-state index is -0.284. The maximum atomic E-state index is 13.4. The zero-order valence-corrected chi connectivity index (χ0v) is 17.9. The summed E-state index contributed by atoms with van der Waals surface area (Å²) in [5.41, 5.74) is 3.68. The molecule has 0 fully saturated rings. The molecule has 7 nitrogen and oxygen atoms in total. The molecule has 0 aliphatic carbocycles. The summed E-state index contributed by atoms with van der Waals surface area (Å²) in [6.07, 6.45) is 0.398. The van der Waals surface area contributed by atoms with Gasteiger partial charge in [0.1, 0.15) is 11.3 Å². The Balaban J connectivity index is 1.54. The Bertz CT molecular complexity index is 1510. The quantitative estimate of drug-likeness (QED) is 0.475. The first-order chi connectivity index (χ1) is 16.1. The lowest BCUT2D eigenvalue weighted by Crippen LogP contribution is -2.26. The second-order valence-corrected chi connectivity index (χ2v) is 8.19. The van der Waals surface area contributed by atoms with Gasteiger partial charge in [0.2, 0.25) is 6.79 Å². The average Bonchev–Trinajstić information content (AvgIpc) is 3.22. The van der Waals surface area contributed by atoms with Crippen LogP contribution >= 0.6 is 0 Å². The Morgan fingerprint density at radius 3 is 2.73 bits per heavy atom. The van der Waals surface area contributed by atoms with E-state index in [1.165, 1.54) is 0 Å². The second-order valence-electron chi connectivity index (χ2n) is 8.19. The lowest BCUT2D eigenvalue weighted by atomic mass is 9.96. The van der Waals surface area contributed by atoms with Gasteiger partial charge in [-0.2, -0.15) is 0 Å². The van der Waals surface area contributed by atoms with Crippen molar-refractivity contribution >= 4 is 28.0 Å². The lowest BCUT2D eigenvalue weighted by Gasteiger charge is -2.20. The van der Waals surface area contributed by atoms with Gasteiger partial charge in [-0.15, -0.1) is 0 Å². The van der Waals surface area contributed by atoms with Crippen LogP contribution in [0, 0.1) is 0 Å². The van der Waals surface area contributed by atoms with Gasteiger partial charge in [0, 0.05) is 18.9 Å². The topological polar surface area (TPSA) is 85.1 Å². The number of hydrogen-bond acceptors (Lipinski definition) is 6. The predicted molar refractivity (Wildman–Crippen MR) is 127 cm³/mol. The molecule has 0 amide bonds. The van der Waals surface area contributed by atoms with Crippen LogP contribution in [0.5, 0.6) is 17.2 Å². The second kappa shape index (κ2) is 7.41. The van der Waals surface area contributed by atoms with Crippen molar-refractivity contribution in [1.29, 1.82) is 0 Å². The summed E-state index contributed by atoms with van der Waals surface area (Å²) in [6.45, 7) is 0.202. The molecule has 0 unspecified atom stereocenters. The van der Waals surface area contributed by atoms with E-state index in [9.17, 15) is 9.90 Å². The Kier molecular flexibility index (Phi) is 4.36. The average molecular weight is 439 g/mol. The molecule has 1 atom stereocenters. The van der Waals surface area contributed by atoms with E-state index in [-0.39, 0.29) is 29.7 Å². The number of pyridine rings is 1. The Hall–Kier alpha value is -4.26. The molecule has 0 bridgehead atoms. The van der Waals surface area contributed by atoms with Crippen molar-refractivity contribution in [2.45, 2.75) is 12.5 Å². The van der Waals surface area contributed by atoms with Gasteiger partial charge < -0.3 is 24.5 Å². The highest BCUT2D eigenvalue weighted by Gasteiger charge is 2.27. The van der Waals surface area contributed by atoms with Crippen LogP contribution in [0.4, 0.5) is 11.4 Å². The van der Waals surface area contributed by atoms with Crippen LogP contribution in [0.15, 0.2) is 76.5 Å². The Labute approximate surface area is 189 Å². The highest BCUT2D eigenvalue weighted by atomic mass is 16.7. The number of aromatic hydroxyl groups is 1. The summed E-state index contributed by atoms with van der Waals surface area (Å²) in [5.74, 6) is 1.36. The minimum Gasteiger partial charge on any atom is -0.506 e. The smallest absolute Gasteiger partial charge is 0.263 e. The third-order valence-corrected chi connectivity index (χ3v) is 6.25. The third-order valence-electron chi connectivity index (χ3n) is 6.25. The number of anilines is 1. The van der Waals surface area contributed by atoms with E-state index >= 15 is 0 Å². The highest BCUT2D eigenvalue weighted by Crippen LogP contribution is 2.40. The molecule has 0 radical (unpaired) electrons. The van der Waals surface area contributed by atoms with Crippen molar-refractivity contribution in [3.63, 3.8) is 0 Å². The number of fused-ring (bicyclic) bond motifs is 3. The van der Waals surface area contributed by atoms with Crippen LogP contribution < -0.4 is 20.3 Å². The Morgan fingerprint density at radius 1 is 1.03 bits per heavy atom. The standard InChI is InChI=1S/C26H21N3O4/c1-29-21-9-5-2-6-16(21)25(30)24(26(29)31)20-13-19(27-17-7-3-4-8-18(17)28-20)15-10-11-22-23(12-15)33-14-32-22/h2-12,19,27,30H,13-14H2,1H3/t19-/m0/s1. The van der Waals surface area contributed by atoms with Gasteiger partial charge in [-0.05, 0) is 42.0 Å². The first-order valence-corrected chi connectivity index (χ1v) is 10.7. The first-order valence-electron chi connectivity index (χ1n) is 10.7. The fourth-order valence-electron chi connectivity index (χ4n) is 4.54. The number of nitrogens with zero attached hydrogens (tertiary/aromatic N) is 2.